The molecule has 30 heavy (non-hydrogen) atoms. The lowest BCUT2D eigenvalue weighted by Gasteiger charge is -2.17. The van der Waals surface area contributed by atoms with Crippen LogP contribution in [0, 0.1) is 24.4 Å². The van der Waals surface area contributed by atoms with Crippen LogP contribution in [0.3, 0.4) is 0 Å². The van der Waals surface area contributed by atoms with Crippen molar-refractivity contribution in [3.05, 3.63) is 69.4 Å². The van der Waals surface area contributed by atoms with Gasteiger partial charge in [0.05, 0.1) is 18.2 Å². The molecule has 3 rings (SSSR count). The Bertz CT molecular complexity index is 1170. The highest BCUT2D eigenvalue weighted by Crippen LogP contribution is 2.42. The van der Waals surface area contributed by atoms with Crippen molar-refractivity contribution < 1.29 is 35.8 Å². The topological polar surface area (TPSA) is 64.2 Å². The van der Waals surface area contributed by atoms with Crippen molar-refractivity contribution in [2.75, 3.05) is 7.11 Å². The summed E-state index contributed by atoms with van der Waals surface area (Å²) in [6.45, 7) is 1.44. The lowest BCUT2D eigenvalue weighted by molar-refractivity contribution is -0.140. The number of aromatic amines is 1. The largest absolute Gasteiger partial charge is 0.490 e. The van der Waals surface area contributed by atoms with Gasteiger partial charge in [-0.3, -0.25) is 4.79 Å². The molecule has 0 saturated carbocycles. The summed E-state index contributed by atoms with van der Waals surface area (Å²) in [7, 11) is 0.997. The van der Waals surface area contributed by atoms with Crippen LogP contribution in [0.1, 0.15) is 11.3 Å². The molecule has 1 aromatic heterocycles. The van der Waals surface area contributed by atoms with Gasteiger partial charge in [0, 0.05) is 11.8 Å². The first-order chi connectivity index (χ1) is 14.0. The van der Waals surface area contributed by atoms with E-state index in [9.17, 15) is 31.1 Å². The summed E-state index contributed by atoms with van der Waals surface area (Å²) in [4.78, 5) is 18.0. The van der Waals surface area contributed by atoms with E-state index in [4.69, 9.17) is 9.47 Å². The Kier molecular flexibility index (Phi) is 5.47. The van der Waals surface area contributed by atoms with Crippen LogP contribution < -0.4 is 15.0 Å². The summed E-state index contributed by atoms with van der Waals surface area (Å²) in [5.41, 5.74) is -2.47. The van der Waals surface area contributed by atoms with Crippen LogP contribution in [-0.4, -0.2) is 17.1 Å². The average Bonchev–Trinajstić information content (AvgIpc) is 2.64. The fraction of sp³-hybridized carbons (Fsp3) is 0.158. The van der Waals surface area contributed by atoms with Crippen LogP contribution in [-0.2, 0) is 6.18 Å². The number of hydrogen-bond acceptors (Lipinski definition) is 4. The zero-order valence-electron chi connectivity index (χ0n) is 15.3. The van der Waals surface area contributed by atoms with Gasteiger partial charge in [-0.25, -0.2) is 13.8 Å². The smallest absolute Gasteiger partial charge is 0.419 e. The maximum absolute atomic E-state index is 14.2. The highest BCUT2D eigenvalue weighted by Gasteiger charge is 2.36. The van der Waals surface area contributed by atoms with Gasteiger partial charge in [-0.1, -0.05) is 0 Å². The molecular weight excluding hydrogens is 418 g/mol. The molecule has 0 unspecified atom stereocenters. The second-order valence-corrected chi connectivity index (χ2v) is 6.06. The number of methoxy groups -OCH3 is 1. The molecule has 11 heteroatoms. The molecule has 0 fully saturated rings. The molecule has 0 amide bonds. The minimum atomic E-state index is -5.08. The van der Waals surface area contributed by atoms with E-state index in [1.807, 2.05) is 0 Å². The Morgan fingerprint density at radius 2 is 1.70 bits per heavy atom. The number of halogens is 6. The number of H-pyrrole nitrogens is 1. The third-order valence-corrected chi connectivity index (χ3v) is 3.94. The Labute approximate surface area is 164 Å². The number of aromatic nitrogens is 2. The van der Waals surface area contributed by atoms with Crippen LogP contribution in [0.2, 0.25) is 0 Å². The van der Waals surface area contributed by atoms with Crippen molar-refractivity contribution in [3.8, 4) is 28.6 Å². The number of ether oxygens (including phenoxy) is 2. The molecule has 5 nitrogen and oxygen atoms in total. The number of alkyl halides is 3. The Morgan fingerprint density at radius 3 is 2.30 bits per heavy atom. The Morgan fingerprint density at radius 1 is 1.00 bits per heavy atom. The standard InChI is InChI=1S/C19H12F6N2O3/c1-8-5-15(28)27-18(26-8)9-6-12(21)10(19(23,24)25)7-14(9)30-13-4-3-11(20)16(22)17(13)29-2/h3-7H,1-2H3,(H,26,27,28). The van der Waals surface area contributed by atoms with Crippen LogP contribution in [0.25, 0.3) is 11.4 Å². The van der Waals surface area contributed by atoms with E-state index in [0.29, 0.717) is 18.2 Å². The van der Waals surface area contributed by atoms with Crippen LogP contribution in [0.4, 0.5) is 26.3 Å². The first-order valence-electron chi connectivity index (χ1n) is 8.20. The van der Waals surface area contributed by atoms with Crippen molar-refractivity contribution in [2.24, 2.45) is 0 Å². The number of hydrogen-bond donors (Lipinski definition) is 1. The highest BCUT2D eigenvalue weighted by molar-refractivity contribution is 5.66. The third kappa shape index (κ3) is 4.09. The molecule has 1 heterocycles. The third-order valence-electron chi connectivity index (χ3n) is 3.94. The predicted molar refractivity (Wildman–Crippen MR) is 93.0 cm³/mol. The first-order valence-corrected chi connectivity index (χ1v) is 8.20. The second kappa shape index (κ2) is 7.73. The van der Waals surface area contributed by atoms with E-state index in [1.165, 1.54) is 6.92 Å². The van der Waals surface area contributed by atoms with Gasteiger partial charge in [0.2, 0.25) is 11.6 Å². The monoisotopic (exact) mass is 430 g/mol. The van der Waals surface area contributed by atoms with Gasteiger partial charge < -0.3 is 14.5 Å². The maximum atomic E-state index is 14.2. The summed E-state index contributed by atoms with van der Waals surface area (Å²) in [5.74, 6) is -6.47. The number of nitrogens with zero attached hydrogens (tertiary/aromatic N) is 1. The molecule has 1 N–H and O–H groups in total. The average molecular weight is 430 g/mol. The van der Waals surface area contributed by atoms with Gasteiger partial charge in [0.1, 0.15) is 17.4 Å². The van der Waals surface area contributed by atoms with Crippen molar-refractivity contribution in [3.63, 3.8) is 0 Å². The predicted octanol–water partition coefficient (Wildman–Crippen LogP) is 4.98. The van der Waals surface area contributed by atoms with Crippen molar-refractivity contribution in [2.45, 2.75) is 13.1 Å². The SMILES string of the molecule is COc1c(Oc2cc(C(F)(F)F)c(F)cc2-c2nc(C)cc(=O)[nH]2)ccc(F)c1F. The molecule has 0 aliphatic heterocycles. The number of aryl methyl sites for hydroxylation is 1. The molecule has 3 aromatic rings. The van der Waals surface area contributed by atoms with Crippen molar-refractivity contribution in [1.82, 2.24) is 9.97 Å². The maximum Gasteiger partial charge on any atom is 0.419 e. The van der Waals surface area contributed by atoms with E-state index in [2.05, 4.69) is 9.97 Å². The molecule has 0 aliphatic carbocycles. The van der Waals surface area contributed by atoms with Gasteiger partial charge in [-0.05, 0) is 31.2 Å². The van der Waals surface area contributed by atoms with E-state index in [1.54, 1.807) is 0 Å². The summed E-state index contributed by atoms with van der Waals surface area (Å²) in [6, 6.07) is 3.51. The summed E-state index contributed by atoms with van der Waals surface area (Å²) in [5, 5.41) is 0. The van der Waals surface area contributed by atoms with Crippen molar-refractivity contribution >= 4 is 0 Å². The Balaban J connectivity index is 2.26. The zero-order valence-corrected chi connectivity index (χ0v) is 15.3. The van der Waals surface area contributed by atoms with Gasteiger partial charge in [-0.15, -0.1) is 0 Å². The van der Waals surface area contributed by atoms with E-state index >= 15 is 0 Å². The Hall–Kier alpha value is -3.50. The lowest BCUT2D eigenvalue weighted by atomic mass is 10.1. The van der Waals surface area contributed by atoms with Gasteiger partial charge >= 0.3 is 6.18 Å². The second-order valence-electron chi connectivity index (χ2n) is 6.06. The lowest BCUT2D eigenvalue weighted by Crippen LogP contribution is -2.12. The molecular formula is C19H12F6N2O3. The normalized spacial score (nSPS) is 11.5. The van der Waals surface area contributed by atoms with Gasteiger partial charge in [-0.2, -0.15) is 17.6 Å². The molecule has 2 aromatic carbocycles. The first kappa shape index (κ1) is 21.2. The van der Waals surface area contributed by atoms with E-state index in [-0.39, 0.29) is 17.1 Å². The minimum Gasteiger partial charge on any atom is -0.490 e. The molecule has 0 saturated heterocycles. The minimum absolute atomic E-state index is 0.199. The fourth-order valence-electron chi connectivity index (χ4n) is 2.65. The van der Waals surface area contributed by atoms with Gasteiger partial charge in [0.15, 0.2) is 11.6 Å². The quantitative estimate of drug-likeness (QED) is 0.593. The molecule has 0 spiro atoms. The molecule has 0 aliphatic rings. The van der Waals surface area contributed by atoms with Crippen molar-refractivity contribution in [1.29, 1.82) is 0 Å². The van der Waals surface area contributed by atoms with Crippen LogP contribution in [0.5, 0.6) is 17.2 Å². The van der Waals surface area contributed by atoms with Crippen LogP contribution >= 0.6 is 0 Å². The molecule has 0 bridgehead atoms. The summed E-state index contributed by atoms with van der Waals surface area (Å²) < 4.78 is 91.2. The zero-order chi connectivity index (χ0) is 22.2. The molecule has 0 radical (unpaired) electrons. The molecule has 158 valence electrons. The van der Waals surface area contributed by atoms with E-state index in [0.717, 1.165) is 19.2 Å². The number of nitrogens with one attached hydrogen (secondary N) is 1. The number of rotatable bonds is 4. The van der Waals surface area contributed by atoms with Crippen LogP contribution in [0.15, 0.2) is 35.1 Å². The highest BCUT2D eigenvalue weighted by atomic mass is 19.4. The summed E-state index contributed by atoms with van der Waals surface area (Å²) in [6.07, 6.45) is -5.08. The molecule has 0 atom stereocenters. The summed E-state index contributed by atoms with van der Waals surface area (Å²) >= 11 is 0. The number of benzene rings is 2. The fourth-order valence-corrected chi connectivity index (χ4v) is 2.65. The van der Waals surface area contributed by atoms with E-state index < -0.39 is 52.0 Å². The van der Waals surface area contributed by atoms with Gasteiger partial charge in [0.25, 0.3) is 5.56 Å².